The lowest BCUT2D eigenvalue weighted by Gasteiger charge is -2.12. The van der Waals surface area contributed by atoms with E-state index in [1.54, 1.807) is 0 Å². The molecule has 0 aliphatic heterocycles. The number of hydrogen-bond donors (Lipinski definition) is 0. The van der Waals surface area contributed by atoms with Gasteiger partial charge in [-0.2, -0.15) is 4.39 Å². The first-order valence-electron chi connectivity index (χ1n) is 4.18. The molecule has 1 aromatic carbocycles. The Morgan fingerprint density at radius 1 is 1.25 bits per heavy atom. The molecule has 0 aliphatic rings. The Balaban J connectivity index is 3.67. The molecule has 4 nitrogen and oxygen atoms in total. The van der Waals surface area contributed by atoms with Crippen LogP contribution in [0.15, 0.2) is 11.0 Å². The Kier molecular flexibility index (Phi) is 3.64. The fourth-order valence-electron chi connectivity index (χ4n) is 1.33. The summed E-state index contributed by atoms with van der Waals surface area (Å²) in [4.78, 5) is -0.410. The van der Waals surface area contributed by atoms with Gasteiger partial charge in [0.15, 0.2) is 11.5 Å². The first-order chi connectivity index (χ1) is 7.32. The van der Waals surface area contributed by atoms with Crippen molar-refractivity contribution in [3.63, 3.8) is 0 Å². The molecular weight excluding hydrogens is 259 g/mol. The summed E-state index contributed by atoms with van der Waals surface area (Å²) in [6, 6.07) is 1.20. The summed E-state index contributed by atoms with van der Waals surface area (Å²) in [5.74, 6) is -1.40. The van der Waals surface area contributed by atoms with E-state index in [1.807, 2.05) is 0 Å². The second-order valence-corrected chi connectivity index (χ2v) is 5.54. The second kappa shape index (κ2) is 4.47. The predicted molar refractivity (Wildman–Crippen MR) is 57.3 cm³/mol. The van der Waals surface area contributed by atoms with Crippen molar-refractivity contribution in [2.45, 2.75) is 11.8 Å². The zero-order chi connectivity index (χ0) is 12.5. The molecule has 0 atom stereocenters. The molecule has 0 radical (unpaired) electrons. The van der Waals surface area contributed by atoms with E-state index < -0.39 is 25.5 Å². The Bertz CT molecular complexity index is 513. The summed E-state index contributed by atoms with van der Waals surface area (Å²) < 4.78 is 45.6. The number of rotatable bonds is 3. The van der Waals surface area contributed by atoms with E-state index in [1.165, 1.54) is 20.1 Å². The van der Waals surface area contributed by atoms with Crippen LogP contribution in [0.3, 0.4) is 0 Å². The average Bonchev–Trinajstić information content (AvgIpc) is 2.16. The number of ether oxygens (including phenoxy) is 2. The van der Waals surface area contributed by atoms with Gasteiger partial charge >= 0.3 is 0 Å². The van der Waals surface area contributed by atoms with Crippen LogP contribution in [0.4, 0.5) is 4.39 Å². The molecule has 0 amide bonds. The van der Waals surface area contributed by atoms with E-state index in [0.717, 1.165) is 7.11 Å². The molecule has 0 saturated carbocycles. The fourth-order valence-corrected chi connectivity index (χ4v) is 2.39. The molecule has 0 N–H and O–H groups in total. The summed E-state index contributed by atoms with van der Waals surface area (Å²) >= 11 is 0. The minimum Gasteiger partial charge on any atom is -0.493 e. The SMILES string of the molecule is COc1c(C)cc(S(=O)(=O)Cl)c(OC)c1F. The van der Waals surface area contributed by atoms with Crippen LogP contribution in [-0.2, 0) is 9.05 Å². The van der Waals surface area contributed by atoms with E-state index in [0.29, 0.717) is 5.56 Å². The highest BCUT2D eigenvalue weighted by Crippen LogP contribution is 2.37. The van der Waals surface area contributed by atoms with Gasteiger partial charge in [-0.15, -0.1) is 0 Å². The summed E-state index contributed by atoms with van der Waals surface area (Å²) in [5.41, 5.74) is 0.319. The van der Waals surface area contributed by atoms with Gasteiger partial charge in [0, 0.05) is 10.7 Å². The molecule has 1 rings (SSSR count). The molecule has 16 heavy (non-hydrogen) atoms. The van der Waals surface area contributed by atoms with Crippen LogP contribution >= 0.6 is 10.7 Å². The van der Waals surface area contributed by atoms with Crippen LogP contribution in [0.2, 0.25) is 0 Å². The number of methoxy groups -OCH3 is 2. The Morgan fingerprint density at radius 3 is 2.12 bits per heavy atom. The quantitative estimate of drug-likeness (QED) is 0.788. The Morgan fingerprint density at radius 2 is 1.75 bits per heavy atom. The monoisotopic (exact) mass is 268 g/mol. The number of aryl methyl sites for hydroxylation is 1. The lowest BCUT2D eigenvalue weighted by molar-refractivity contribution is 0.341. The molecule has 0 spiro atoms. The molecule has 0 fully saturated rings. The van der Waals surface area contributed by atoms with Crippen molar-refractivity contribution < 1.29 is 22.3 Å². The molecule has 0 heterocycles. The van der Waals surface area contributed by atoms with Crippen LogP contribution in [0.1, 0.15) is 5.56 Å². The largest absolute Gasteiger partial charge is 0.493 e. The zero-order valence-electron chi connectivity index (χ0n) is 8.87. The van der Waals surface area contributed by atoms with E-state index >= 15 is 0 Å². The van der Waals surface area contributed by atoms with Gasteiger partial charge in [0.25, 0.3) is 9.05 Å². The van der Waals surface area contributed by atoms with Crippen molar-refractivity contribution in [1.82, 2.24) is 0 Å². The average molecular weight is 269 g/mol. The van der Waals surface area contributed by atoms with Crippen LogP contribution in [-0.4, -0.2) is 22.6 Å². The van der Waals surface area contributed by atoms with Gasteiger partial charge in [-0.3, -0.25) is 0 Å². The van der Waals surface area contributed by atoms with Gasteiger partial charge in [-0.1, -0.05) is 0 Å². The van der Waals surface area contributed by atoms with Crippen molar-refractivity contribution in [3.05, 3.63) is 17.4 Å². The Hall–Kier alpha value is -1.01. The van der Waals surface area contributed by atoms with Crippen molar-refractivity contribution in [2.24, 2.45) is 0 Å². The van der Waals surface area contributed by atoms with Crippen molar-refractivity contribution in [1.29, 1.82) is 0 Å². The first-order valence-corrected chi connectivity index (χ1v) is 6.49. The topological polar surface area (TPSA) is 52.6 Å². The third kappa shape index (κ3) is 2.22. The summed E-state index contributed by atoms with van der Waals surface area (Å²) in [7, 11) is 3.53. The number of hydrogen-bond acceptors (Lipinski definition) is 4. The smallest absolute Gasteiger partial charge is 0.265 e. The Labute approximate surface area is 97.4 Å². The van der Waals surface area contributed by atoms with Gasteiger partial charge in [0.1, 0.15) is 4.90 Å². The standard InChI is InChI=1S/C9H10ClFO4S/c1-5-4-6(16(10,12)13)9(15-3)7(11)8(5)14-2/h4H,1-3H3. The second-order valence-electron chi connectivity index (χ2n) is 3.01. The van der Waals surface area contributed by atoms with Crippen molar-refractivity contribution in [2.75, 3.05) is 14.2 Å². The molecule has 1 aromatic rings. The third-order valence-corrected chi connectivity index (χ3v) is 3.33. The fraction of sp³-hybridized carbons (Fsp3) is 0.333. The maximum Gasteiger partial charge on any atom is 0.265 e. The number of halogens is 2. The lowest BCUT2D eigenvalue weighted by Crippen LogP contribution is -2.02. The maximum absolute atomic E-state index is 13.8. The normalized spacial score (nSPS) is 11.3. The van der Waals surface area contributed by atoms with E-state index in [9.17, 15) is 12.8 Å². The molecule has 0 bridgehead atoms. The predicted octanol–water partition coefficient (Wildman–Crippen LogP) is 2.08. The zero-order valence-corrected chi connectivity index (χ0v) is 10.4. The third-order valence-electron chi connectivity index (χ3n) is 2.00. The van der Waals surface area contributed by atoms with Crippen LogP contribution < -0.4 is 9.47 Å². The van der Waals surface area contributed by atoms with Crippen LogP contribution in [0.25, 0.3) is 0 Å². The molecule has 90 valence electrons. The minimum absolute atomic E-state index is 0.0686. The first kappa shape index (κ1) is 13.1. The van der Waals surface area contributed by atoms with Crippen LogP contribution in [0, 0.1) is 12.7 Å². The van der Waals surface area contributed by atoms with Crippen molar-refractivity contribution >= 4 is 19.7 Å². The summed E-state index contributed by atoms with van der Waals surface area (Å²) in [6.45, 7) is 1.51. The minimum atomic E-state index is -4.06. The van der Waals surface area contributed by atoms with Gasteiger partial charge < -0.3 is 9.47 Å². The van der Waals surface area contributed by atoms with Crippen molar-refractivity contribution in [3.8, 4) is 11.5 Å². The molecule has 0 unspecified atom stereocenters. The van der Waals surface area contributed by atoms with Gasteiger partial charge in [-0.25, -0.2) is 8.42 Å². The number of benzene rings is 1. The van der Waals surface area contributed by atoms with E-state index in [-0.39, 0.29) is 5.75 Å². The summed E-state index contributed by atoms with van der Waals surface area (Å²) in [6.07, 6.45) is 0. The van der Waals surface area contributed by atoms with E-state index in [2.05, 4.69) is 4.74 Å². The molecular formula is C9H10ClFO4S. The van der Waals surface area contributed by atoms with Gasteiger partial charge in [0.2, 0.25) is 5.82 Å². The highest BCUT2D eigenvalue weighted by Gasteiger charge is 2.24. The maximum atomic E-state index is 13.8. The molecule has 0 aliphatic carbocycles. The van der Waals surface area contributed by atoms with E-state index in [4.69, 9.17) is 15.4 Å². The molecule has 0 saturated heterocycles. The van der Waals surface area contributed by atoms with Crippen LogP contribution in [0.5, 0.6) is 11.5 Å². The summed E-state index contributed by atoms with van der Waals surface area (Å²) in [5, 5.41) is 0. The highest BCUT2D eigenvalue weighted by atomic mass is 35.7. The van der Waals surface area contributed by atoms with Gasteiger partial charge in [-0.05, 0) is 18.6 Å². The lowest BCUT2D eigenvalue weighted by atomic mass is 10.2. The highest BCUT2D eigenvalue weighted by molar-refractivity contribution is 8.13. The molecule has 7 heteroatoms. The van der Waals surface area contributed by atoms with Gasteiger partial charge in [0.05, 0.1) is 14.2 Å². The molecule has 0 aromatic heterocycles.